The molecule has 5 heterocycles. The van der Waals surface area contributed by atoms with E-state index in [4.69, 9.17) is 10.3 Å². The van der Waals surface area contributed by atoms with Crippen LogP contribution in [0, 0.1) is 0 Å². The predicted octanol–water partition coefficient (Wildman–Crippen LogP) is 3.63. The summed E-state index contributed by atoms with van der Waals surface area (Å²) in [5.41, 5.74) is 10.7. The fourth-order valence-corrected chi connectivity index (χ4v) is 4.69. The lowest BCUT2D eigenvalue weighted by Crippen LogP contribution is -2.30. The average molecular weight is 417 g/mol. The second kappa shape index (κ2) is 6.19. The third kappa shape index (κ3) is 2.49. The van der Waals surface area contributed by atoms with Gasteiger partial charge in [0.05, 0.1) is 23.3 Å². The van der Waals surface area contributed by atoms with Gasteiger partial charge < -0.3 is 24.3 Å². The Balaban J connectivity index is 1.72. The van der Waals surface area contributed by atoms with Gasteiger partial charge in [-0.05, 0) is 32.8 Å². The number of carbonyl (C=O) groups is 1. The van der Waals surface area contributed by atoms with E-state index in [1.165, 1.54) is 6.33 Å². The Morgan fingerprint density at radius 3 is 2.71 bits per heavy atom. The topological polar surface area (TPSA) is 108 Å². The Bertz CT molecular complexity index is 1360. The standard InChI is InChI=1S/C22H23N7O2/c1-11(2)29-14-9-28(13-6-7-27(3)8-13)22(30)17-18(26-31-19(17)12-4-5-12)15(14)16-20(23)24-10-25-21(16)29/h6-8,10-12H,4-5,9H2,1-3H3,(H2,23,24,25). The number of nitrogens with zero attached hydrogens (tertiary/aromatic N) is 6. The Morgan fingerprint density at radius 1 is 1.23 bits per heavy atom. The lowest BCUT2D eigenvalue weighted by molar-refractivity contribution is 0.0984. The molecule has 0 bridgehead atoms. The molecule has 0 aromatic carbocycles. The number of nitrogens with two attached hydrogens (primary N) is 1. The quantitative estimate of drug-likeness (QED) is 0.545. The molecule has 1 aliphatic carbocycles. The van der Waals surface area contributed by atoms with Gasteiger partial charge >= 0.3 is 0 Å². The summed E-state index contributed by atoms with van der Waals surface area (Å²) < 4.78 is 9.85. The van der Waals surface area contributed by atoms with Crippen LogP contribution in [0.3, 0.4) is 0 Å². The van der Waals surface area contributed by atoms with Crippen molar-refractivity contribution in [2.75, 3.05) is 10.6 Å². The van der Waals surface area contributed by atoms with E-state index in [0.29, 0.717) is 29.4 Å². The molecule has 6 rings (SSSR count). The van der Waals surface area contributed by atoms with E-state index >= 15 is 0 Å². The summed E-state index contributed by atoms with van der Waals surface area (Å²) >= 11 is 0. The van der Waals surface area contributed by atoms with Crippen molar-refractivity contribution in [3.05, 3.63) is 41.8 Å². The minimum Gasteiger partial charge on any atom is -0.383 e. The first kappa shape index (κ1) is 18.2. The Labute approximate surface area is 178 Å². The molecule has 0 spiro atoms. The molecular formula is C22H23N7O2. The number of amides is 1. The molecule has 0 unspecified atom stereocenters. The summed E-state index contributed by atoms with van der Waals surface area (Å²) in [6.45, 7) is 4.57. The van der Waals surface area contributed by atoms with Gasteiger partial charge in [-0.2, -0.15) is 0 Å². The van der Waals surface area contributed by atoms with Crippen molar-refractivity contribution in [3.63, 3.8) is 0 Å². The largest absolute Gasteiger partial charge is 0.383 e. The van der Waals surface area contributed by atoms with E-state index in [9.17, 15) is 4.79 Å². The van der Waals surface area contributed by atoms with Crippen LogP contribution in [0.15, 0.2) is 29.3 Å². The van der Waals surface area contributed by atoms with Gasteiger partial charge in [-0.25, -0.2) is 9.97 Å². The molecule has 9 heteroatoms. The first-order valence-corrected chi connectivity index (χ1v) is 10.5. The molecule has 1 saturated carbocycles. The van der Waals surface area contributed by atoms with Crippen molar-refractivity contribution in [1.29, 1.82) is 0 Å². The zero-order valence-corrected chi connectivity index (χ0v) is 17.7. The molecular weight excluding hydrogens is 394 g/mol. The van der Waals surface area contributed by atoms with Crippen molar-refractivity contribution in [3.8, 4) is 11.3 Å². The fourth-order valence-electron chi connectivity index (χ4n) is 4.69. The number of anilines is 2. The van der Waals surface area contributed by atoms with Gasteiger partial charge in [0.15, 0.2) is 5.76 Å². The van der Waals surface area contributed by atoms with Crippen molar-refractivity contribution >= 4 is 28.4 Å². The molecule has 2 N–H and O–H groups in total. The van der Waals surface area contributed by atoms with Crippen LogP contribution in [0.4, 0.5) is 11.5 Å². The number of fused-ring (bicyclic) bond motifs is 5. The zero-order valence-electron chi connectivity index (χ0n) is 17.7. The van der Waals surface area contributed by atoms with Crippen LogP contribution in [0.2, 0.25) is 0 Å². The summed E-state index contributed by atoms with van der Waals surface area (Å²) in [6, 6.07) is 2.05. The molecule has 0 saturated heterocycles. The highest BCUT2D eigenvalue weighted by atomic mass is 16.5. The summed E-state index contributed by atoms with van der Waals surface area (Å²) in [5, 5.41) is 5.14. The number of rotatable bonds is 3. The summed E-state index contributed by atoms with van der Waals surface area (Å²) in [6.07, 6.45) is 7.38. The molecule has 4 aromatic rings. The van der Waals surface area contributed by atoms with Crippen LogP contribution in [0.5, 0.6) is 0 Å². The lowest BCUT2D eigenvalue weighted by Gasteiger charge is -2.22. The molecule has 1 amide bonds. The fraction of sp³-hybridized carbons (Fsp3) is 0.364. The van der Waals surface area contributed by atoms with Crippen molar-refractivity contribution in [1.82, 2.24) is 24.3 Å². The normalized spacial score (nSPS) is 16.1. The Morgan fingerprint density at radius 2 is 2.03 bits per heavy atom. The molecule has 31 heavy (non-hydrogen) atoms. The van der Waals surface area contributed by atoms with E-state index in [1.807, 2.05) is 30.1 Å². The monoisotopic (exact) mass is 417 g/mol. The van der Waals surface area contributed by atoms with Crippen LogP contribution in [0.25, 0.3) is 22.3 Å². The summed E-state index contributed by atoms with van der Waals surface area (Å²) in [5.74, 6) is 1.20. The lowest BCUT2D eigenvalue weighted by atomic mass is 10.0. The number of aryl methyl sites for hydroxylation is 1. The zero-order chi connectivity index (χ0) is 21.4. The predicted molar refractivity (Wildman–Crippen MR) is 116 cm³/mol. The number of hydrogen-bond acceptors (Lipinski definition) is 6. The van der Waals surface area contributed by atoms with Gasteiger partial charge in [0, 0.05) is 37.0 Å². The molecule has 1 aliphatic heterocycles. The second-order valence-corrected chi connectivity index (χ2v) is 8.71. The van der Waals surface area contributed by atoms with E-state index in [2.05, 4.69) is 33.5 Å². The third-order valence-corrected chi connectivity index (χ3v) is 6.23. The second-order valence-electron chi connectivity index (χ2n) is 8.71. The van der Waals surface area contributed by atoms with Gasteiger partial charge in [-0.1, -0.05) is 5.16 Å². The van der Waals surface area contributed by atoms with Gasteiger partial charge in [0.1, 0.15) is 29.0 Å². The van der Waals surface area contributed by atoms with Crippen molar-refractivity contribution < 1.29 is 9.32 Å². The Kier molecular flexibility index (Phi) is 3.63. The highest BCUT2D eigenvalue weighted by Gasteiger charge is 2.42. The first-order chi connectivity index (χ1) is 15.0. The Hall–Kier alpha value is -3.62. The van der Waals surface area contributed by atoms with E-state index in [1.54, 1.807) is 4.90 Å². The van der Waals surface area contributed by atoms with E-state index < -0.39 is 0 Å². The molecule has 0 atom stereocenters. The highest BCUT2D eigenvalue weighted by Crippen LogP contribution is 2.48. The van der Waals surface area contributed by atoms with Crippen LogP contribution in [0.1, 0.15) is 60.5 Å². The maximum absolute atomic E-state index is 13.9. The molecule has 158 valence electrons. The van der Waals surface area contributed by atoms with Gasteiger partial charge in [0.2, 0.25) is 0 Å². The van der Waals surface area contributed by atoms with Gasteiger partial charge in [-0.3, -0.25) is 4.79 Å². The molecule has 1 fully saturated rings. The van der Waals surface area contributed by atoms with Crippen molar-refractivity contribution in [2.45, 2.75) is 45.2 Å². The number of carbonyl (C=O) groups excluding carboxylic acids is 1. The summed E-state index contributed by atoms with van der Waals surface area (Å²) in [4.78, 5) is 24.5. The minimum atomic E-state index is -0.0978. The van der Waals surface area contributed by atoms with Crippen LogP contribution in [-0.2, 0) is 13.6 Å². The molecule has 0 radical (unpaired) electrons. The van der Waals surface area contributed by atoms with Crippen LogP contribution in [-0.4, -0.2) is 30.2 Å². The van der Waals surface area contributed by atoms with Crippen molar-refractivity contribution in [2.24, 2.45) is 7.05 Å². The molecule has 9 nitrogen and oxygen atoms in total. The van der Waals surface area contributed by atoms with Gasteiger partial charge in [-0.15, -0.1) is 0 Å². The number of hydrogen-bond donors (Lipinski definition) is 1. The highest BCUT2D eigenvalue weighted by molar-refractivity contribution is 6.15. The minimum absolute atomic E-state index is 0.0978. The average Bonchev–Trinajstić information content (AvgIpc) is 3.22. The third-order valence-electron chi connectivity index (χ3n) is 6.23. The SMILES string of the molecule is CC(C)n1c2c(c3c(N)ncnc31)-c1noc(C3CC3)c1C(=O)N(c1ccn(C)c1)C2. The van der Waals surface area contributed by atoms with Gasteiger partial charge in [0.25, 0.3) is 5.91 Å². The maximum atomic E-state index is 13.9. The van der Waals surface area contributed by atoms with Crippen LogP contribution >= 0.6 is 0 Å². The summed E-state index contributed by atoms with van der Waals surface area (Å²) in [7, 11) is 1.94. The smallest absolute Gasteiger partial charge is 0.264 e. The first-order valence-electron chi connectivity index (χ1n) is 10.5. The molecule has 4 aromatic heterocycles. The number of aromatic nitrogens is 5. The molecule has 2 aliphatic rings. The maximum Gasteiger partial charge on any atom is 0.264 e. The van der Waals surface area contributed by atoms with Crippen LogP contribution < -0.4 is 10.6 Å². The van der Waals surface area contributed by atoms with E-state index in [0.717, 1.165) is 40.8 Å². The number of nitrogen functional groups attached to an aromatic ring is 1. The van der Waals surface area contributed by atoms with E-state index in [-0.39, 0.29) is 17.9 Å².